The third kappa shape index (κ3) is 2.66. The van der Waals surface area contributed by atoms with E-state index < -0.39 is 0 Å². The van der Waals surface area contributed by atoms with Crippen molar-refractivity contribution in [2.24, 2.45) is 0 Å². The molecule has 0 aliphatic heterocycles. The summed E-state index contributed by atoms with van der Waals surface area (Å²) >= 11 is 0. The van der Waals surface area contributed by atoms with Gasteiger partial charge in [-0.3, -0.25) is 0 Å². The summed E-state index contributed by atoms with van der Waals surface area (Å²) in [7, 11) is 0. The largest absolute Gasteiger partial charge is 0.494 e. The zero-order valence-electron chi connectivity index (χ0n) is 10.2. The van der Waals surface area contributed by atoms with E-state index in [1.807, 2.05) is 24.3 Å². The van der Waals surface area contributed by atoms with Crippen LogP contribution in [0.5, 0.6) is 5.75 Å². The molecule has 1 heterocycles. The molecule has 1 aromatic heterocycles. The molecule has 0 spiro atoms. The molecule has 0 saturated heterocycles. The molecule has 0 atom stereocenters. The molecule has 1 aromatic carbocycles. The Labute approximate surface area is 106 Å². The van der Waals surface area contributed by atoms with Crippen LogP contribution in [0.15, 0.2) is 30.5 Å². The van der Waals surface area contributed by atoms with Crippen molar-refractivity contribution < 1.29 is 4.74 Å². The second-order valence-corrected chi connectivity index (χ2v) is 3.81. The molecule has 2 aromatic rings. The molecular weight excluding hydrogens is 228 g/mol. The zero-order valence-corrected chi connectivity index (χ0v) is 10.2. The lowest BCUT2D eigenvalue weighted by molar-refractivity contribution is 0.317. The lowest BCUT2D eigenvalue weighted by Crippen LogP contribution is -2.00. The summed E-state index contributed by atoms with van der Waals surface area (Å²) in [6.07, 6.45) is 2.64. The fourth-order valence-corrected chi connectivity index (χ4v) is 1.61. The number of benzene rings is 1. The first-order valence-corrected chi connectivity index (χ1v) is 5.84. The molecule has 0 aliphatic carbocycles. The number of nitriles is 1. The highest BCUT2D eigenvalue weighted by atomic mass is 16.5. The number of rotatable bonds is 5. The number of hydrogen-bond acceptors (Lipinski definition) is 4. The molecule has 5 heteroatoms. The van der Waals surface area contributed by atoms with Crippen LogP contribution < -0.4 is 4.74 Å². The van der Waals surface area contributed by atoms with Gasteiger partial charge in [0.1, 0.15) is 12.3 Å². The van der Waals surface area contributed by atoms with E-state index in [9.17, 15) is 0 Å². The number of hydrogen-bond donors (Lipinski definition) is 0. The Kier molecular flexibility index (Phi) is 3.92. The van der Waals surface area contributed by atoms with E-state index in [1.54, 1.807) is 10.9 Å². The molecule has 0 aliphatic rings. The Balaban J connectivity index is 2.18. The van der Waals surface area contributed by atoms with E-state index in [-0.39, 0.29) is 6.54 Å². The molecule has 5 nitrogen and oxygen atoms in total. The quantitative estimate of drug-likeness (QED) is 0.806. The summed E-state index contributed by atoms with van der Waals surface area (Å²) in [5, 5.41) is 16.4. The summed E-state index contributed by atoms with van der Waals surface area (Å²) in [6.45, 7) is 2.98. The van der Waals surface area contributed by atoms with E-state index in [1.165, 1.54) is 0 Å². The van der Waals surface area contributed by atoms with E-state index >= 15 is 0 Å². The Morgan fingerprint density at radius 3 is 2.78 bits per heavy atom. The minimum atomic E-state index is 0.198. The minimum Gasteiger partial charge on any atom is -0.494 e. The van der Waals surface area contributed by atoms with Crippen LogP contribution in [0.25, 0.3) is 11.3 Å². The maximum atomic E-state index is 8.69. The Bertz CT molecular complexity index is 539. The summed E-state index contributed by atoms with van der Waals surface area (Å²) < 4.78 is 7.09. The molecule has 0 saturated carbocycles. The number of aromatic nitrogens is 3. The Morgan fingerprint density at radius 2 is 2.11 bits per heavy atom. The van der Waals surface area contributed by atoms with Gasteiger partial charge in [0.2, 0.25) is 0 Å². The van der Waals surface area contributed by atoms with Gasteiger partial charge in [-0.2, -0.15) is 5.26 Å². The monoisotopic (exact) mass is 242 g/mol. The predicted molar refractivity (Wildman–Crippen MR) is 66.9 cm³/mol. The standard InChI is InChI=1S/C13H14N4O/c1-2-9-18-12-5-3-11(4-6-12)13-10-15-16-17(13)8-7-14/h3-6,10H,2,8-9H2,1H3. The van der Waals surface area contributed by atoms with Crippen LogP contribution in [0.1, 0.15) is 13.3 Å². The van der Waals surface area contributed by atoms with Crippen LogP contribution in [0.2, 0.25) is 0 Å². The molecule has 0 amide bonds. The van der Waals surface area contributed by atoms with Gasteiger partial charge in [0, 0.05) is 5.56 Å². The fraction of sp³-hybridized carbons (Fsp3) is 0.308. The van der Waals surface area contributed by atoms with Gasteiger partial charge in [0.05, 0.1) is 24.6 Å². The van der Waals surface area contributed by atoms with Crippen molar-refractivity contribution in [2.45, 2.75) is 19.9 Å². The molecule has 0 fully saturated rings. The molecule has 0 bridgehead atoms. The van der Waals surface area contributed by atoms with Crippen molar-refractivity contribution in [3.63, 3.8) is 0 Å². The zero-order chi connectivity index (χ0) is 12.8. The number of ether oxygens (including phenoxy) is 1. The van der Waals surface area contributed by atoms with E-state index in [0.29, 0.717) is 6.61 Å². The SMILES string of the molecule is CCCOc1ccc(-c2cnnn2CC#N)cc1. The van der Waals surface area contributed by atoms with Crippen molar-refractivity contribution in [3.05, 3.63) is 30.5 Å². The maximum absolute atomic E-state index is 8.69. The maximum Gasteiger partial charge on any atom is 0.130 e. The molecule has 2 rings (SSSR count). The lowest BCUT2D eigenvalue weighted by atomic mass is 10.1. The summed E-state index contributed by atoms with van der Waals surface area (Å²) in [6, 6.07) is 9.76. The molecule has 0 radical (unpaired) electrons. The molecule has 0 N–H and O–H groups in total. The van der Waals surface area contributed by atoms with Crippen LogP contribution >= 0.6 is 0 Å². The number of nitrogens with zero attached hydrogens (tertiary/aromatic N) is 4. The van der Waals surface area contributed by atoms with Gasteiger partial charge in [0.25, 0.3) is 0 Å². The third-order valence-corrected chi connectivity index (χ3v) is 2.46. The van der Waals surface area contributed by atoms with E-state index in [0.717, 1.165) is 23.4 Å². The van der Waals surface area contributed by atoms with Crippen LogP contribution in [-0.2, 0) is 6.54 Å². The van der Waals surface area contributed by atoms with Gasteiger partial charge in [0.15, 0.2) is 0 Å². The average molecular weight is 242 g/mol. The Morgan fingerprint density at radius 1 is 1.33 bits per heavy atom. The van der Waals surface area contributed by atoms with Gasteiger partial charge < -0.3 is 4.74 Å². The normalized spacial score (nSPS) is 10.0. The van der Waals surface area contributed by atoms with E-state index in [4.69, 9.17) is 10.00 Å². The van der Waals surface area contributed by atoms with Crippen molar-refractivity contribution in [2.75, 3.05) is 6.61 Å². The Hall–Kier alpha value is -2.35. The first kappa shape index (κ1) is 12.1. The van der Waals surface area contributed by atoms with Crippen molar-refractivity contribution in [1.82, 2.24) is 15.0 Å². The minimum absolute atomic E-state index is 0.198. The van der Waals surface area contributed by atoms with Crippen molar-refractivity contribution in [3.8, 4) is 23.1 Å². The third-order valence-electron chi connectivity index (χ3n) is 2.46. The average Bonchev–Trinajstić information content (AvgIpc) is 2.86. The second kappa shape index (κ2) is 5.82. The van der Waals surface area contributed by atoms with Crippen molar-refractivity contribution in [1.29, 1.82) is 5.26 Å². The van der Waals surface area contributed by atoms with Gasteiger partial charge in [-0.15, -0.1) is 5.10 Å². The van der Waals surface area contributed by atoms with Crippen LogP contribution in [-0.4, -0.2) is 21.6 Å². The van der Waals surface area contributed by atoms with Crippen LogP contribution in [0, 0.1) is 11.3 Å². The summed E-state index contributed by atoms with van der Waals surface area (Å²) in [5.41, 5.74) is 1.80. The topological polar surface area (TPSA) is 63.7 Å². The van der Waals surface area contributed by atoms with Crippen LogP contribution in [0.4, 0.5) is 0 Å². The van der Waals surface area contributed by atoms with E-state index in [2.05, 4.69) is 23.3 Å². The van der Waals surface area contributed by atoms with Gasteiger partial charge in [-0.1, -0.05) is 12.1 Å². The van der Waals surface area contributed by atoms with Gasteiger partial charge >= 0.3 is 0 Å². The highest BCUT2D eigenvalue weighted by Crippen LogP contribution is 2.21. The highest BCUT2D eigenvalue weighted by molar-refractivity contribution is 5.59. The lowest BCUT2D eigenvalue weighted by Gasteiger charge is -2.06. The second-order valence-electron chi connectivity index (χ2n) is 3.81. The smallest absolute Gasteiger partial charge is 0.130 e. The van der Waals surface area contributed by atoms with Crippen molar-refractivity contribution >= 4 is 0 Å². The summed E-state index contributed by atoms with van der Waals surface area (Å²) in [4.78, 5) is 0. The first-order valence-electron chi connectivity index (χ1n) is 5.84. The summed E-state index contributed by atoms with van der Waals surface area (Å²) in [5.74, 6) is 0.847. The molecular formula is C13H14N4O. The van der Waals surface area contributed by atoms with Gasteiger partial charge in [-0.25, -0.2) is 4.68 Å². The fourth-order valence-electron chi connectivity index (χ4n) is 1.61. The first-order chi connectivity index (χ1) is 8.85. The highest BCUT2D eigenvalue weighted by Gasteiger charge is 2.06. The van der Waals surface area contributed by atoms with Crippen LogP contribution in [0.3, 0.4) is 0 Å². The van der Waals surface area contributed by atoms with Gasteiger partial charge in [-0.05, 0) is 30.7 Å². The molecule has 92 valence electrons. The predicted octanol–water partition coefficient (Wildman–Crippen LogP) is 2.26. The molecule has 18 heavy (non-hydrogen) atoms. The molecule has 0 unspecified atom stereocenters.